The molecule has 2 aromatic carbocycles. The van der Waals surface area contributed by atoms with E-state index in [0.29, 0.717) is 12.1 Å². The molecule has 3 rings (SSSR count). The maximum Gasteiger partial charge on any atom is 0.258 e. The van der Waals surface area contributed by atoms with Crippen molar-refractivity contribution in [3.8, 4) is 0 Å². The molecule has 128 valence electrons. The van der Waals surface area contributed by atoms with Gasteiger partial charge in [0.2, 0.25) is 0 Å². The summed E-state index contributed by atoms with van der Waals surface area (Å²) in [6.45, 7) is 2.42. The van der Waals surface area contributed by atoms with Gasteiger partial charge in [0.05, 0.1) is 12.8 Å². The van der Waals surface area contributed by atoms with E-state index >= 15 is 0 Å². The highest BCUT2D eigenvalue weighted by molar-refractivity contribution is 6.06. The molecule has 0 saturated heterocycles. The third kappa shape index (κ3) is 3.91. The molecule has 0 atom stereocenters. The largest absolute Gasteiger partial charge is 0.467 e. The van der Waals surface area contributed by atoms with Gasteiger partial charge >= 0.3 is 0 Å². The molecule has 0 aliphatic heterocycles. The van der Waals surface area contributed by atoms with Crippen molar-refractivity contribution in [3.05, 3.63) is 83.8 Å². The fraction of sp³-hybridized carbons (Fsp3) is 0.190. The van der Waals surface area contributed by atoms with E-state index in [2.05, 4.69) is 0 Å². The predicted octanol–water partition coefficient (Wildman–Crippen LogP) is 4.50. The first-order valence-corrected chi connectivity index (χ1v) is 8.23. The molecule has 25 heavy (non-hydrogen) atoms. The van der Waals surface area contributed by atoms with E-state index in [0.717, 1.165) is 22.7 Å². The van der Waals surface area contributed by atoms with Crippen LogP contribution in [0.4, 0.5) is 11.4 Å². The number of amides is 1. The minimum atomic E-state index is -0.0519. The van der Waals surface area contributed by atoms with E-state index in [1.807, 2.05) is 86.6 Å². The molecule has 3 aromatic rings. The van der Waals surface area contributed by atoms with Crippen LogP contribution < -0.4 is 9.80 Å². The van der Waals surface area contributed by atoms with E-state index in [9.17, 15) is 4.79 Å². The van der Waals surface area contributed by atoms with Gasteiger partial charge in [-0.2, -0.15) is 0 Å². The maximum atomic E-state index is 13.2. The first-order chi connectivity index (χ1) is 12.0. The van der Waals surface area contributed by atoms with E-state index in [1.54, 1.807) is 11.2 Å². The molecule has 0 aliphatic carbocycles. The quantitative estimate of drug-likeness (QED) is 0.689. The van der Waals surface area contributed by atoms with Crippen LogP contribution in [-0.2, 0) is 6.54 Å². The standard InChI is InChI=1S/C21H22N2O2/c1-16-9-11-18(12-10-16)23(15-20-8-5-13-25-20)21(24)17-6-4-7-19(14-17)22(2)3/h4-14H,15H2,1-3H3. The van der Waals surface area contributed by atoms with Crippen molar-refractivity contribution >= 4 is 17.3 Å². The van der Waals surface area contributed by atoms with Gasteiger partial charge in [0.1, 0.15) is 5.76 Å². The lowest BCUT2D eigenvalue weighted by molar-refractivity contribution is 0.0983. The summed E-state index contributed by atoms with van der Waals surface area (Å²) in [5, 5.41) is 0. The van der Waals surface area contributed by atoms with E-state index in [1.165, 1.54) is 0 Å². The zero-order valence-electron chi connectivity index (χ0n) is 14.8. The predicted molar refractivity (Wildman–Crippen MR) is 101 cm³/mol. The van der Waals surface area contributed by atoms with Crippen molar-refractivity contribution in [1.82, 2.24) is 0 Å². The second kappa shape index (κ2) is 7.26. The van der Waals surface area contributed by atoms with Crippen molar-refractivity contribution < 1.29 is 9.21 Å². The number of rotatable bonds is 5. The summed E-state index contributed by atoms with van der Waals surface area (Å²) in [6, 6.07) is 19.3. The van der Waals surface area contributed by atoms with Crippen LogP contribution in [0.5, 0.6) is 0 Å². The van der Waals surface area contributed by atoms with Crippen LogP contribution in [0.25, 0.3) is 0 Å². The van der Waals surface area contributed by atoms with Crippen LogP contribution in [0.15, 0.2) is 71.3 Å². The molecule has 0 aliphatic rings. The Labute approximate surface area is 148 Å². The van der Waals surface area contributed by atoms with E-state index in [4.69, 9.17) is 4.42 Å². The molecule has 1 heterocycles. The van der Waals surface area contributed by atoms with Crippen LogP contribution >= 0.6 is 0 Å². The summed E-state index contributed by atoms with van der Waals surface area (Å²) in [7, 11) is 3.92. The van der Waals surface area contributed by atoms with Crippen LogP contribution in [0.3, 0.4) is 0 Å². The van der Waals surface area contributed by atoms with Crippen LogP contribution in [0.2, 0.25) is 0 Å². The number of benzene rings is 2. The normalized spacial score (nSPS) is 10.5. The third-order valence-corrected chi connectivity index (χ3v) is 4.09. The second-order valence-corrected chi connectivity index (χ2v) is 6.25. The Hall–Kier alpha value is -3.01. The molecule has 4 nitrogen and oxygen atoms in total. The minimum Gasteiger partial charge on any atom is -0.467 e. The van der Waals surface area contributed by atoms with Crippen LogP contribution in [0, 0.1) is 6.92 Å². The third-order valence-electron chi connectivity index (χ3n) is 4.09. The van der Waals surface area contributed by atoms with Gasteiger partial charge in [-0.05, 0) is 49.4 Å². The molecular formula is C21H22N2O2. The molecule has 1 aromatic heterocycles. The Morgan fingerprint density at radius 2 is 1.72 bits per heavy atom. The zero-order chi connectivity index (χ0) is 17.8. The Morgan fingerprint density at radius 3 is 2.36 bits per heavy atom. The summed E-state index contributed by atoms with van der Waals surface area (Å²) in [4.78, 5) is 16.9. The minimum absolute atomic E-state index is 0.0519. The summed E-state index contributed by atoms with van der Waals surface area (Å²) < 4.78 is 5.46. The molecule has 1 amide bonds. The van der Waals surface area contributed by atoms with Gasteiger partial charge in [-0.15, -0.1) is 0 Å². The van der Waals surface area contributed by atoms with Crippen molar-refractivity contribution in [1.29, 1.82) is 0 Å². The van der Waals surface area contributed by atoms with Crippen LogP contribution in [-0.4, -0.2) is 20.0 Å². The van der Waals surface area contributed by atoms with Gasteiger partial charge in [0.15, 0.2) is 0 Å². The number of carbonyl (C=O) groups excluding carboxylic acids is 1. The fourth-order valence-electron chi connectivity index (χ4n) is 2.64. The highest BCUT2D eigenvalue weighted by Crippen LogP contribution is 2.23. The molecule has 0 saturated carbocycles. The van der Waals surface area contributed by atoms with Gasteiger partial charge in [0.25, 0.3) is 5.91 Å². The number of hydrogen-bond acceptors (Lipinski definition) is 3. The summed E-state index contributed by atoms with van der Waals surface area (Å²) in [5.41, 5.74) is 3.65. The average Bonchev–Trinajstić information content (AvgIpc) is 3.13. The summed E-state index contributed by atoms with van der Waals surface area (Å²) in [5.74, 6) is 0.696. The van der Waals surface area contributed by atoms with Crippen molar-refractivity contribution in [2.75, 3.05) is 23.9 Å². The maximum absolute atomic E-state index is 13.2. The Bertz CT molecular complexity index is 837. The number of nitrogens with zero attached hydrogens (tertiary/aromatic N) is 2. The lowest BCUT2D eigenvalue weighted by Gasteiger charge is -2.23. The zero-order valence-corrected chi connectivity index (χ0v) is 14.8. The van der Waals surface area contributed by atoms with Gasteiger partial charge in [-0.3, -0.25) is 4.79 Å². The lowest BCUT2D eigenvalue weighted by Crippen LogP contribution is -2.30. The molecular weight excluding hydrogens is 312 g/mol. The van der Waals surface area contributed by atoms with Gasteiger partial charge in [-0.1, -0.05) is 23.8 Å². The fourth-order valence-corrected chi connectivity index (χ4v) is 2.64. The van der Waals surface area contributed by atoms with Gasteiger partial charge < -0.3 is 14.2 Å². The Morgan fingerprint density at radius 1 is 0.960 bits per heavy atom. The topological polar surface area (TPSA) is 36.7 Å². The molecule has 0 bridgehead atoms. The molecule has 4 heteroatoms. The second-order valence-electron chi connectivity index (χ2n) is 6.25. The molecule has 0 unspecified atom stereocenters. The first kappa shape index (κ1) is 16.8. The number of furan rings is 1. The molecule has 0 radical (unpaired) electrons. The average molecular weight is 334 g/mol. The van der Waals surface area contributed by atoms with Gasteiger partial charge in [-0.25, -0.2) is 0 Å². The Kier molecular flexibility index (Phi) is 4.89. The van der Waals surface area contributed by atoms with Crippen LogP contribution in [0.1, 0.15) is 21.7 Å². The van der Waals surface area contributed by atoms with E-state index in [-0.39, 0.29) is 5.91 Å². The lowest BCUT2D eigenvalue weighted by atomic mass is 10.1. The van der Waals surface area contributed by atoms with Crippen molar-refractivity contribution in [2.45, 2.75) is 13.5 Å². The number of anilines is 2. The summed E-state index contributed by atoms with van der Waals surface area (Å²) >= 11 is 0. The number of carbonyl (C=O) groups is 1. The number of aryl methyl sites for hydroxylation is 1. The van der Waals surface area contributed by atoms with Crippen molar-refractivity contribution in [3.63, 3.8) is 0 Å². The monoisotopic (exact) mass is 334 g/mol. The summed E-state index contributed by atoms with van der Waals surface area (Å²) in [6.07, 6.45) is 1.62. The molecule has 0 spiro atoms. The highest BCUT2D eigenvalue weighted by atomic mass is 16.3. The smallest absolute Gasteiger partial charge is 0.258 e. The molecule has 0 N–H and O–H groups in total. The number of hydrogen-bond donors (Lipinski definition) is 0. The van der Waals surface area contributed by atoms with Gasteiger partial charge in [0, 0.05) is 31.0 Å². The Balaban J connectivity index is 1.96. The SMILES string of the molecule is Cc1ccc(N(Cc2ccco2)C(=O)c2cccc(N(C)C)c2)cc1. The highest BCUT2D eigenvalue weighted by Gasteiger charge is 2.19. The first-order valence-electron chi connectivity index (χ1n) is 8.23. The molecule has 0 fully saturated rings. The van der Waals surface area contributed by atoms with Crippen molar-refractivity contribution in [2.24, 2.45) is 0 Å². The van der Waals surface area contributed by atoms with E-state index < -0.39 is 0 Å².